The summed E-state index contributed by atoms with van der Waals surface area (Å²) in [5.74, 6) is 0.201. The van der Waals surface area contributed by atoms with E-state index in [-0.39, 0.29) is 18.2 Å². The van der Waals surface area contributed by atoms with Crippen LogP contribution in [0, 0.1) is 0 Å². The largest absolute Gasteiger partial charge is 0.494 e. The molecule has 0 fully saturated rings. The Bertz CT molecular complexity index is 669. The zero-order valence-electron chi connectivity index (χ0n) is 12.6. The molecule has 0 spiro atoms. The van der Waals surface area contributed by atoms with Gasteiger partial charge in [0.1, 0.15) is 5.75 Å². The number of rotatable bonds is 5. The molecule has 0 aliphatic carbocycles. The molecule has 0 heterocycles. The number of anilines is 2. The summed E-state index contributed by atoms with van der Waals surface area (Å²) in [7, 11) is 1.51. The molecule has 22 heavy (non-hydrogen) atoms. The molecule has 0 bridgehead atoms. The molecule has 2 aromatic rings. The SMILES string of the molecule is COc1cc(NC(C)=O)ccc1NC(=O)Cc1ccccc1. The maximum Gasteiger partial charge on any atom is 0.228 e. The highest BCUT2D eigenvalue weighted by Gasteiger charge is 2.09. The molecular weight excluding hydrogens is 280 g/mol. The minimum Gasteiger partial charge on any atom is -0.494 e. The van der Waals surface area contributed by atoms with Crippen molar-refractivity contribution in [3.05, 3.63) is 54.1 Å². The van der Waals surface area contributed by atoms with E-state index in [1.54, 1.807) is 18.2 Å². The minimum absolute atomic E-state index is 0.128. The first-order chi connectivity index (χ1) is 10.6. The van der Waals surface area contributed by atoms with Gasteiger partial charge in [0.25, 0.3) is 0 Å². The molecule has 2 rings (SSSR count). The van der Waals surface area contributed by atoms with Gasteiger partial charge in [0.15, 0.2) is 0 Å². The fourth-order valence-corrected chi connectivity index (χ4v) is 2.05. The predicted octanol–water partition coefficient (Wildman–Crippen LogP) is 2.83. The van der Waals surface area contributed by atoms with Crippen molar-refractivity contribution >= 4 is 23.2 Å². The van der Waals surface area contributed by atoms with Crippen LogP contribution in [0.5, 0.6) is 5.75 Å². The Kier molecular flexibility index (Phi) is 5.14. The first-order valence-electron chi connectivity index (χ1n) is 6.88. The zero-order valence-corrected chi connectivity index (χ0v) is 12.6. The number of nitrogens with one attached hydrogen (secondary N) is 2. The first-order valence-corrected chi connectivity index (χ1v) is 6.88. The summed E-state index contributed by atoms with van der Waals surface area (Å²) >= 11 is 0. The van der Waals surface area contributed by atoms with Gasteiger partial charge >= 0.3 is 0 Å². The van der Waals surface area contributed by atoms with E-state index in [0.29, 0.717) is 17.1 Å². The zero-order chi connectivity index (χ0) is 15.9. The van der Waals surface area contributed by atoms with Crippen LogP contribution in [-0.2, 0) is 16.0 Å². The van der Waals surface area contributed by atoms with Crippen molar-refractivity contribution in [2.75, 3.05) is 17.7 Å². The molecule has 2 N–H and O–H groups in total. The van der Waals surface area contributed by atoms with E-state index in [0.717, 1.165) is 5.56 Å². The monoisotopic (exact) mass is 298 g/mol. The number of ether oxygens (including phenoxy) is 1. The Morgan fingerprint density at radius 1 is 1.05 bits per heavy atom. The molecule has 114 valence electrons. The summed E-state index contributed by atoms with van der Waals surface area (Å²) in [6.07, 6.45) is 0.289. The topological polar surface area (TPSA) is 67.4 Å². The Labute approximate surface area is 129 Å². The highest BCUT2D eigenvalue weighted by Crippen LogP contribution is 2.28. The van der Waals surface area contributed by atoms with Crippen LogP contribution in [0.25, 0.3) is 0 Å². The molecule has 5 nitrogen and oxygen atoms in total. The van der Waals surface area contributed by atoms with Crippen molar-refractivity contribution in [2.24, 2.45) is 0 Å². The van der Waals surface area contributed by atoms with Crippen LogP contribution in [0.15, 0.2) is 48.5 Å². The second-order valence-corrected chi connectivity index (χ2v) is 4.81. The van der Waals surface area contributed by atoms with Crippen molar-refractivity contribution in [1.29, 1.82) is 0 Å². The standard InChI is InChI=1S/C17H18N2O3/c1-12(20)18-14-8-9-15(16(11-14)22-2)19-17(21)10-13-6-4-3-5-7-13/h3-9,11H,10H2,1-2H3,(H,18,20)(H,19,21). The van der Waals surface area contributed by atoms with Crippen LogP contribution >= 0.6 is 0 Å². The van der Waals surface area contributed by atoms with Gasteiger partial charge in [-0.1, -0.05) is 30.3 Å². The van der Waals surface area contributed by atoms with Crippen molar-refractivity contribution in [1.82, 2.24) is 0 Å². The number of carbonyl (C=O) groups is 2. The fourth-order valence-electron chi connectivity index (χ4n) is 2.05. The average Bonchev–Trinajstić information content (AvgIpc) is 2.49. The Morgan fingerprint density at radius 2 is 1.77 bits per heavy atom. The van der Waals surface area contributed by atoms with E-state index < -0.39 is 0 Å². The second-order valence-electron chi connectivity index (χ2n) is 4.81. The summed E-state index contributed by atoms with van der Waals surface area (Å²) in [5.41, 5.74) is 2.12. The molecule has 0 saturated carbocycles. The van der Waals surface area contributed by atoms with Gasteiger partial charge in [0.2, 0.25) is 11.8 Å². The summed E-state index contributed by atoms with van der Waals surface area (Å²) in [4.78, 5) is 23.1. The lowest BCUT2D eigenvalue weighted by molar-refractivity contribution is -0.116. The molecule has 2 amide bonds. The van der Waals surface area contributed by atoms with Crippen LogP contribution in [0.4, 0.5) is 11.4 Å². The van der Waals surface area contributed by atoms with Gasteiger partial charge in [-0.3, -0.25) is 9.59 Å². The van der Waals surface area contributed by atoms with E-state index in [4.69, 9.17) is 4.74 Å². The van der Waals surface area contributed by atoms with Crippen LogP contribution in [-0.4, -0.2) is 18.9 Å². The summed E-state index contributed by atoms with van der Waals surface area (Å²) in [5, 5.41) is 5.48. The third-order valence-corrected chi connectivity index (χ3v) is 3.00. The Morgan fingerprint density at radius 3 is 2.41 bits per heavy atom. The highest BCUT2D eigenvalue weighted by atomic mass is 16.5. The van der Waals surface area contributed by atoms with E-state index in [1.807, 2.05) is 30.3 Å². The van der Waals surface area contributed by atoms with Crippen molar-refractivity contribution in [2.45, 2.75) is 13.3 Å². The van der Waals surface area contributed by atoms with Gasteiger partial charge < -0.3 is 15.4 Å². The van der Waals surface area contributed by atoms with E-state index in [2.05, 4.69) is 10.6 Å². The van der Waals surface area contributed by atoms with E-state index in [1.165, 1.54) is 14.0 Å². The summed E-state index contributed by atoms with van der Waals surface area (Å²) < 4.78 is 5.25. The third-order valence-electron chi connectivity index (χ3n) is 3.00. The van der Waals surface area contributed by atoms with Crippen molar-refractivity contribution in [3.8, 4) is 5.75 Å². The Balaban J connectivity index is 2.08. The molecule has 0 aliphatic rings. The van der Waals surface area contributed by atoms with Gasteiger partial charge in [-0.2, -0.15) is 0 Å². The highest BCUT2D eigenvalue weighted by molar-refractivity contribution is 5.95. The van der Waals surface area contributed by atoms with Gasteiger partial charge in [0.05, 0.1) is 19.2 Å². The van der Waals surface area contributed by atoms with E-state index >= 15 is 0 Å². The molecular formula is C17H18N2O3. The second kappa shape index (κ2) is 7.26. The molecule has 0 aromatic heterocycles. The number of carbonyl (C=O) groups excluding carboxylic acids is 2. The van der Waals surface area contributed by atoms with Crippen molar-refractivity contribution in [3.63, 3.8) is 0 Å². The lowest BCUT2D eigenvalue weighted by atomic mass is 10.1. The normalized spacial score (nSPS) is 9.91. The number of benzene rings is 2. The van der Waals surface area contributed by atoms with E-state index in [9.17, 15) is 9.59 Å². The van der Waals surface area contributed by atoms with Crippen molar-refractivity contribution < 1.29 is 14.3 Å². The lowest BCUT2D eigenvalue weighted by Crippen LogP contribution is -2.15. The summed E-state index contributed by atoms with van der Waals surface area (Å²) in [6.45, 7) is 1.43. The third kappa shape index (κ3) is 4.34. The fraction of sp³-hybridized carbons (Fsp3) is 0.176. The van der Waals surface area contributed by atoms with Crippen LogP contribution in [0.1, 0.15) is 12.5 Å². The first kappa shape index (κ1) is 15.6. The maximum absolute atomic E-state index is 12.1. The average molecular weight is 298 g/mol. The quantitative estimate of drug-likeness (QED) is 0.892. The number of hydrogen-bond donors (Lipinski definition) is 2. The molecule has 0 unspecified atom stereocenters. The lowest BCUT2D eigenvalue weighted by Gasteiger charge is -2.12. The van der Waals surface area contributed by atoms with Gasteiger partial charge in [-0.25, -0.2) is 0 Å². The smallest absolute Gasteiger partial charge is 0.228 e. The minimum atomic E-state index is -0.164. The van der Waals surface area contributed by atoms with Crippen LogP contribution < -0.4 is 15.4 Å². The van der Waals surface area contributed by atoms with Gasteiger partial charge in [-0.15, -0.1) is 0 Å². The Hall–Kier alpha value is -2.82. The summed E-state index contributed by atoms with van der Waals surface area (Å²) in [6, 6.07) is 14.6. The molecule has 5 heteroatoms. The molecule has 0 aliphatic heterocycles. The maximum atomic E-state index is 12.1. The predicted molar refractivity (Wildman–Crippen MR) is 86.1 cm³/mol. The van der Waals surface area contributed by atoms with Crippen LogP contribution in [0.2, 0.25) is 0 Å². The number of methoxy groups -OCH3 is 1. The van der Waals surface area contributed by atoms with Gasteiger partial charge in [-0.05, 0) is 17.7 Å². The van der Waals surface area contributed by atoms with Crippen LogP contribution in [0.3, 0.4) is 0 Å². The molecule has 0 saturated heterocycles. The number of amides is 2. The molecule has 0 atom stereocenters. The molecule has 2 aromatic carbocycles. The van der Waals surface area contributed by atoms with Gasteiger partial charge in [0, 0.05) is 18.7 Å². The number of hydrogen-bond acceptors (Lipinski definition) is 3. The molecule has 0 radical (unpaired) electrons.